The summed E-state index contributed by atoms with van der Waals surface area (Å²) in [6, 6.07) is 3.58. The Morgan fingerprint density at radius 3 is 2.88 bits per heavy atom. The zero-order valence-corrected chi connectivity index (χ0v) is 10.1. The fourth-order valence-electron chi connectivity index (χ4n) is 2.08. The van der Waals surface area contributed by atoms with E-state index in [9.17, 15) is 8.76 Å². The predicted octanol–water partition coefficient (Wildman–Crippen LogP) is 2.62. The van der Waals surface area contributed by atoms with E-state index < -0.39 is 10.0 Å². The smallest absolute Gasteiger partial charge is 0.188 e. The van der Waals surface area contributed by atoms with Gasteiger partial charge >= 0.3 is 0 Å². The lowest BCUT2D eigenvalue weighted by atomic mass is 10.1. The normalized spacial score (nSPS) is 19.1. The van der Waals surface area contributed by atoms with Crippen molar-refractivity contribution in [2.45, 2.75) is 31.1 Å². The van der Waals surface area contributed by atoms with Crippen molar-refractivity contribution in [1.82, 2.24) is 0 Å². The van der Waals surface area contributed by atoms with Crippen molar-refractivity contribution in [3.63, 3.8) is 0 Å². The fraction of sp³-hybridized carbons (Fsp3) is 0.455. The molecule has 0 amide bonds. The standard InChI is InChI=1S/C11H16N2O2S/c1-8-6-9-4-2-3-5-13-10(9)7-11(8)16(12,14)15/h6-7,13H,2-5H2,1H3,(H2,12,14,15). The van der Waals surface area contributed by atoms with Gasteiger partial charge in [-0.05, 0) is 43.4 Å². The first kappa shape index (κ1) is 11.4. The molecule has 0 aliphatic carbocycles. The molecule has 88 valence electrons. The molecule has 1 heterocycles. The van der Waals surface area contributed by atoms with E-state index >= 15 is 0 Å². The molecule has 0 spiro atoms. The molecular weight excluding hydrogens is 224 g/mol. The molecule has 4 nitrogen and oxygen atoms in total. The van der Waals surface area contributed by atoms with Crippen LogP contribution in [0.2, 0.25) is 0 Å². The van der Waals surface area contributed by atoms with Gasteiger partial charge < -0.3 is 5.32 Å². The first-order valence-electron chi connectivity index (χ1n) is 5.37. The summed E-state index contributed by atoms with van der Waals surface area (Å²) in [7, 11) is -3.62. The maximum absolute atomic E-state index is 11.4. The van der Waals surface area contributed by atoms with Gasteiger partial charge in [-0.2, -0.15) is 0 Å². The van der Waals surface area contributed by atoms with Crippen molar-refractivity contribution >= 4 is 15.7 Å². The third kappa shape index (κ3) is 2.20. The molecular formula is C11H16N2O2S. The topological polar surface area (TPSA) is 73.2 Å². The summed E-state index contributed by atoms with van der Waals surface area (Å²) < 4.78 is 27.9. The highest BCUT2D eigenvalue weighted by Crippen LogP contribution is 2.27. The minimum absolute atomic E-state index is 0.223. The van der Waals surface area contributed by atoms with E-state index in [0.717, 1.165) is 37.1 Å². The Bertz CT molecular complexity index is 509. The average molecular weight is 240 g/mol. The third-order valence-corrected chi connectivity index (χ3v) is 3.92. The van der Waals surface area contributed by atoms with Gasteiger partial charge in [-0.1, -0.05) is 6.07 Å². The largest absolute Gasteiger partial charge is 0.385 e. The third-order valence-electron chi connectivity index (χ3n) is 2.89. The number of hydrogen-bond acceptors (Lipinski definition) is 3. The van der Waals surface area contributed by atoms with Gasteiger partial charge in [-0.25, -0.2) is 8.99 Å². The molecule has 0 bridgehead atoms. The van der Waals surface area contributed by atoms with E-state index in [4.69, 9.17) is 4.78 Å². The van der Waals surface area contributed by atoms with E-state index in [2.05, 4.69) is 5.32 Å². The highest BCUT2D eigenvalue weighted by molar-refractivity contribution is 7.87. The minimum atomic E-state index is -3.62. The number of hydrogen-bond donors (Lipinski definition) is 3. The molecule has 1 aliphatic rings. The SMILES string of the molecule is Cc1cc2c(cc1S(=N)(=O)O)NCCCC2. The number of anilines is 1. The molecule has 0 radical (unpaired) electrons. The Balaban J connectivity index is 2.56. The van der Waals surface area contributed by atoms with Crippen molar-refractivity contribution in [3.05, 3.63) is 23.3 Å². The minimum Gasteiger partial charge on any atom is -0.385 e. The molecule has 1 aliphatic heterocycles. The Kier molecular flexibility index (Phi) is 2.90. The van der Waals surface area contributed by atoms with E-state index in [-0.39, 0.29) is 4.90 Å². The van der Waals surface area contributed by atoms with Gasteiger partial charge in [0.2, 0.25) is 0 Å². The van der Waals surface area contributed by atoms with E-state index in [0.29, 0.717) is 0 Å². The Labute approximate surface area is 95.9 Å². The van der Waals surface area contributed by atoms with Crippen molar-refractivity contribution in [1.29, 1.82) is 4.78 Å². The highest BCUT2D eigenvalue weighted by atomic mass is 32.2. The second kappa shape index (κ2) is 4.07. The lowest BCUT2D eigenvalue weighted by Gasteiger charge is -2.12. The van der Waals surface area contributed by atoms with Crippen molar-refractivity contribution < 1.29 is 8.76 Å². The van der Waals surface area contributed by atoms with E-state index in [1.807, 2.05) is 6.07 Å². The summed E-state index contributed by atoms with van der Waals surface area (Å²) >= 11 is 0. The summed E-state index contributed by atoms with van der Waals surface area (Å²) in [6.45, 7) is 2.67. The van der Waals surface area contributed by atoms with E-state index in [1.165, 1.54) is 5.56 Å². The molecule has 1 aromatic carbocycles. The second-order valence-electron chi connectivity index (χ2n) is 4.18. The van der Waals surface area contributed by atoms with Crippen LogP contribution in [-0.2, 0) is 16.4 Å². The number of rotatable bonds is 1. The molecule has 16 heavy (non-hydrogen) atoms. The molecule has 1 aromatic rings. The van der Waals surface area contributed by atoms with Crippen LogP contribution in [0.4, 0.5) is 5.69 Å². The Morgan fingerprint density at radius 1 is 1.44 bits per heavy atom. The zero-order chi connectivity index (χ0) is 11.8. The lowest BCUT2D eigenvalue weighted by molar-refractivity contribution is 0.548. The average Bonchev–Trinajstić information content (AvgIpc) is 2.39. The van der Waals surface area contributed by atoms with E-state index in [1.54, 1.807) is 13.0 Å². The Hall–Kier alpha value is -1.07. The van der Waals surface area contributed by atoms with Gasteiger partial charge in [0.05, 0.1) is 4.90 Å². The summed E-state index contributed by atoms with van der Waals surface area (Å²) in [5, 5.41) is 3.24. The maximum Gasteiger partial charge on any atom is 0.188 e. The first-order chi connectivity index (χ1) is 7.48. The van der Waals surface area contributed by atoms with Crippen LogP contribution in [0.25, 0.3) is 0 Å². The fourth-order valence-corrected chi connectivity index (χ4v) is 2.85. The van der Waals surface area contributed by atoms with Crippen molar-refractivity contribution in [3.8, 4) is 0 Å². The molecule has 0 saturated heterocycles. The van der Waals surface area contributed by atoms with Gasteiger partial charge in [0.1, 0.15) is 0 Å². The molecule has 5 heteroatoms. The highest BCUT2D eigenvalue weighted by Gasteiger charge is 2.15. The molecule has 2 rings (SSSR count). The summed E-state index contributed by atoms with van der Waals surface area (Å²) in [6.07, 6.45) is 3.24. The first-order valence-corrected chi connectivity index (χ1v) is 6.88. The van der Waals surface area contributed by atoms with Crippen LogP contribution in [0.15, 0.2) is 17.0 Å². The van der Waals surface area contributed by atoms with Crippen LogP contribution in [0, 0.1) is 11.7 Å². The van der Waals surface area contributed by atoms with Crippen LogP contribution in [0.3, 0.4) is 0 Å². The summed E-state index contributed by atoms with van der Waals surface area (Å²) in [4.78, 5) is 0.223. The van der Waals surface area contributed by atoms with Gasteiger partial charge in [-0.3, -0.25) is 4.55 Å². The number of fused-ring (bicyclic) bond motifs is 1. The lowest BCUT2D eigenvalue weighted by Crippen LogP contribution is -2.04. The molecule has 3 N–H and O–H groups in total. The van der Waals surface area contributed by atoms with Crippen LogP contribution >= 0.6 is 0 Å². The molecule has 0 aromatic heterocycles. The molecule has 0 saturated carbocycles. The summed E-state index contributed by atoms with van der Waals surface area (Å²) in [5.41, 5.74) is 2.82. The van der Waals surface area contributed by atoms with Gasteiger partial charge in [0.15, 0.2) is 10.0 Å². The predicted molar refractivity (Wildman–Crippen MR) is 64.4 cm³/mol. The number of benzene rings is 1. The van der Waals surface area contributed by atoms with Crippen LogP contribution < -0.4 is 5.32 Å². The van der Waals surface area contributed by atoms with Crippen LogP contribution in [-0.4, -0.2) is 15.3 Å². The summed E-state index contributed by atoms with van der Waals surface area (Å²) in [5.74, 6) is 0. The van der Waals surface area contributed by atoms with Crippen molar-refractivity contribution in [2.75, 3.05) is 11.9 Å². The molecule has 1 atom stereocenters. The van der Waals surface area contributed by atoms with Gasteiger partial charge in [-0.15, -0.1) is 0 Å². The van der Waals surface area contributed by atoms with Crippen molar-refractivity contribution in [2.24, 2.45) is 0 Å². The Morgan fingerprint density at radius 2 is 2.19 bits per heavy atom. The number of nitrogens with one attached hydrogen (secondary N) is 2. The zero-order valence-electron chi connectivity index (χ0n) is 9.25. The van der Waals surface area contributed by atoms with Gasteiger partial charge in [0.25, 0.3) is 0 Å². The quantitative estimate of drug-likeness (QED) is 0.706. The van der Waals surface area contributed by atoms with Crippen LogP contribution in [0.5, 0.6) is 0 Å². The number of aryl methyl sites for hydroxylation is 2. The maximum atomic E-state index is 11.4. The second-order valence-corrected chi connectivity index (χ2v) is 5.68. The van der Waals surface area contributed by atoms with Gasteiger partial charge in [0, 0.05) is 12.2 Å². The monoisotopic (exact) mass is 240 g/mol. The molecule has 0 fully saturated rings. The molecule has 1 unspecified atom stereocenters. The van der Waals surface area contributed by atoms with Crippen LogP contribution in [0.1, 0.15) is 24.0 Å².